The molecule has 0 N–H and O–H groups in total. The van der Waals surface area contributed by atoms with Crippen molar-refractivity contribution in [2.24, 2.45) is 5.92 Å². The molecule has 0 spiro atoms. The lowest BCUT2D eigenvalue weighted by molar-refractivity contribution is -0.145. The van der Waals surface area contributed by atoms with Gasteiger partial charge < -0.3 is 4.57 Å². The predicted octanol–water partition coefficient (Wildman–Crippen LogP) is 2.78. The van der Waals surface area contributed by atoms with Crippen molar-refractivity contribution in [3.8, 4) is 0 Å². The molecule has 2 atom stereocenters. The molecule has 1 heterocycles. The van der Waals surface area contributed by atoms with Gasteiger partial charge >= 0.3 is 0 Å². The molecule has 0 saturated carbocycles. The summed E-state index contributed by atoms with van der Waals surface area (Å²) in [6, 6.07) is 0.443. The Kier molecular flexibility index (Phi) is 2.01. The number of nitrogens with zero attached hydrogens (tertiary/aromatic N) is 1. The molecule has 2 unspecified atom stereocenters. The standard InChI is InChI=1S/C12H21NOSi/c1-8-7-9-10(8)11(14)13(9)15(5,6)12(2,3)4/h7,9-10H,1-6H3. The van der Waals surface area contributed by atoms with E-state index in [1.54, 1.807) is 0 Å². The summed E-state index contributed by atoms with van der Waals surface area (Å²) < 4.78 is 2.20. The number of hydrogen-bond acceptors (Lipinski definition) is 1. The highest BCUT2D eigenvalue weighted by Crippen LogP contribution is 2.50. The van der Waals surface area contributed by atoms with Crippen molar-refractivity contribution >= 4 is 14.1 Å². The summed E-state index contributed by atoms with van der Waals surface area (Å²) in [6.45, 7) is 13.5. The van der Waals surface area contributed by atoms with Crippen LogP contribution in [0.3, 0.4) is 0 Å². The topological polar surface area (TPSA) is 20.3 Å². The minimum atomic E-state index is -1.63. The first kappa shape index (κ1) is 10.9. The second-order valence-electron chi connectivity index (χ2n) is 6.40. The second kappa shape index (κ2) is 2.76. The normalized spacial score (nSPS) is 30.4. The molecule has 0 aromatic heterocycles. The van der Waals surface area contributed by atoms with Gasteiger partial charge in [-0.1, -0.05) is 45.5 Å². The van der Waals surface area contributed by atoms with E-state index >= 15 is 0 Å². The Morgan fingerprint density at radius 2 is 1.87 bits per heavy atom. The van der Waals surface area contributed by atoms with Gasteiger partial charge in [-0.15, -0.1) is 0 Å². The Hall–Kier alpha value is -0.573. The zero-order valence-corrected chi connectivity index (χ0v) is 11.6. The van der Waals surface area contributed by atoms with Gasteiger partial charge in [0.05, 0.1) is 12.0 Å². The Bertz CT molecular complexity index is 351. The van der Waals surface area contributed by atoms with E-state index < -0.39 is 8.24 Å². The fourth-order valence-electron chi connectivity index (χ4n) is 2.41. The van der Waals surface area contributed by atoms with E-state index in [-0.39, 0.29) is 11.0 Å². The summed E-state index contributed by atoms with van der Waals surface area (Å²) in [7, 11) is -1.63. The molecule has 1 saturated heterocycles. The van der Waals surface area contributed by atoms with Crippen LogP contribution in [0.1, 0.15) is 27.7 Å². The van der Waals surface area contributed by atoms with Gasteiger partial charge in [-0.2, -0.15) is 0 Å². The molecule has 0 aromatic rings. The van der Waals surface area contributed by atoms with E-state index in [4.69, 9.17) is 0 Å². The average Bonchev–Trinajstić information content (AvgIpc) is 1.99. The van der Waals surface area contributed by atoms with Crippen molar-refractivity contribution < 1.29 is 4.79 Å². The Morgan fingerprint density at radius 3 is 2.20 bits per heavy atom. The van der Waals surface area contributed by atoms with Crippen molar-refractivity contribution in [3.05, 3.63) is 11.6 Å². The summed E-state index contributed by atoms with van der Waals surface area (Å²) in [6.07, 6.45) is 2.26. The van der Waals surface area contributed by atoms with E-state index in [1.165, 1.54) is 5.57 Å². The molecule has 1 amide bonds. The number of fused-ring (bicyclic) bond motifs is 1. The molecule has 1 aliphatic carbocycles. The van der Waals surface area contributed by atoms with Crippen LogP contribution in [0.15, 0.2) is 11.6 Å². The van der Waals surface area contributed by atoms with Crippen molar-refractivity contribution in [1.29, 1.82) is 0 Å². The Balaban J connectivity index is 2.25. The molecule has 0 bridgehead atoms. The smallest absolute Gasteiger partial charge is 0.224 e. The SMILES string of the molecule is CC1=CC2C1C(=O)N2[Si](C)(C)C(C)(C)C. The third-order valence-electron chi connectivity index (χ3n) is 4.51. The van der Waals surface area contributed by atoms with Gasteiger partial charge in [0.15, 0.2) is 8.24 Å². The first-order chi connectivity index (χ1) is 6.68. The van der Waals surface area contributed by atoms with Crippen LogP contribution in [0.4, 0.5) is 0 Å². The molecule has 1 fully saturated rings. The van der Waals surface area contributed by atoms with E-state index in [9.17, 15) is 4.79 Å². The van der Waals surface area contributed by atoms with Gasteiger partial charge in [0, 0.05) is 0 Å². The quantitative estimate of drug-likeness (QED) is 0.380. The Morgan fingerprint density at radius 1 is 1.33 bits per heavy atom. The lowest BCUT2D eigenvalue weighted by Crippen LogP contribution is -2.75. The van der Waals surface area contributed by atoms with Crippen LogP contribution < -0.4 is 0 Å². The molecule has 2 rings (SSSR count). The predicted molar refractivity (Wildman–Crippen MR) is 65.1 cm³/mol. The minimum absolute atomic E-state index is 0.249. The maximum Gasteiger partial charge on any atom is 0.224 e. The van der Waals surface area contributed by atoms with Crippen LogP contribution in [-0.2, 0) is 4.79 Å². The number of amides is 1. The van der Waals surface area contributed by atoms with Crippen LogP contribution in [0, 0.1) is 5.92 Å². The molecule has 84 valence electrons. The fourth-order valence-corrected chi connectivity index (χ4v) is 4.79. The summed E-state index contributed by atoms with van der Waals surface area (Å²) in [4.78, 5) is 12.0. The second-order valence-corrected chi connectivity index (χ2v) is 11.5. The molecule has 0 radical (unpaired) electrons. The van der Waals surface area contributed by atoms with Crippen LogP contribution >= 0.6 is 0 Å². The molecular weight excluding hydrogens is 202 g/mol. The average molecular weight is 223 g/mol. The van der Waals surface area contributed by atoms with E-state index in [0.717, 1.165) is 0 Å². The third-order valence-corrected chi connectivity index (χ3v) is 9.90. The van der Waals surface area contributed by atoms with Crippen molar-refractivity contribution in [1.82, 2.24) is 4.57 Å². The fraction of sp³-hybridized carbons (Fsp3) is 0.750. The van der Waals surface area contributed by atoms with Crippen molar-refractivity contribution in [2.75, 3.05) is 0 Å². The van der Waals surface area contributed by atoms with Crippen LogP contribution in [0.25, 0.3) is 0 Å². The molecule has 2 aliphatic rings. The van der Waals surface area contributed by atoms with Crippen molar-refractivity contribution in [2.45, 2.75) is 51.9 Å². The highest BCUT2D eigenvalue weighted by molar-refractivity contribution is 6.80. The molecule has 3 heteroatoms. The third kappa shape index (κ3) is 1.19. The molecule has 2 nitrogen and oxygen atoms in total. The first-order valence-electron chi connectivity index (χ1n) is 5.69. The van der Waals surface area contributed by atoms with Gasteiger partial charge in [-0.25, -0.2) is 0 Å². The van der Waals surface area contributed by atoms with Gasteiger partial charge in [-0.3, -0.25) is 4.79 Å². The van der Waals surface area contributed by atoms with Gasteiger partial charge in [-0.05, 0) is 12.0 Å². The summed E-state index contributed by atoms with van der Waals surface area (Å²) >= 11 is 0. The number of hydrogen-bond donors (Lipinski definition) is 0. The highest BCUT2D eigenvalue weighted by Gasteiger charge is 2.60. The number of rotatable bonds is 1. The lowest BCUT2D eigenvalue weighted by atomic mass is 9.74. The van der Waals surface area contributed by atoms with E-state index in [1.807, 2.05) is 0 Å². The zero-order chi connectivity index (χ0) is 11.6. The maximum atomic E-state index is 12.0. The van der Waals surface area contributed by atoms with E-state index in [2.05, 4.69) is 51.4 Å². The van der Waals surface area contributed by atoms with Crippen LogP contribution in [0.2, 0.25) is 18.1 Å². The monoisotopic (exact) mass is 223 g/mol. The first-order valence-corrected chi connectivity index (χ1v) is 8.64. The van der Waals surface area contributed by atoms with E-state index in [0.29, 0.717) is 11.9 Å². The van der Waals surface area contributed by atoms with Gasteiger partial charge in [0.2, 0.25) is 5.91 Å². The Labute approximate surface area is 93.4 Å². The molecular formula is C12H21NOSi. The number of carbonyl (C=O) groups is 1. The number of carbonyl (C=O) groups excluding carboxylic acids is 1. The zero-order valence-electron chi connectivity index (χ0n) is 10.6. The minimum Gasteiger partial charge on any atom is -0.361 e. The van der Waals surface area contributed by atoms with Crippen molar-refractivity contribution in [3.63, 3.8) is 0 Å². The largest absolute Gasteiger partial charge is 0.361 e. The summed E-state index contributed by atoms with van der Waals surface area (Å²) in [5, 5.41) is 0.255. The van der Waals surface area contributed by atoms with Crippen LogP contribution in [0.5, 0.6) is 0 Å². The highest BCUT2D eigenvalue weighted by atomic mass is 28.3. The summed E-state index contributed by atoms with van der Waals surface area (Å²) in [5.41, 5.74) is 1.28. The molecule has 1 aliphatic heterocycles. The lowest BCUT2D eigenvalue weighted by Gasteiger charge is -2.61. The number of β-lactam (4-membered cyclic amide) rings is 1. The molecule has 15 heavy (non-hydrogen) atoms. The maximum absolute atomic E-state index is 12.0. The molecule has 0 aromatic carbocycles. The summed E-state index contributed by atoms with van der Waals surface area (Å²) in [5.74, 6) is 0.630. The van der Waals surface area contributed by atoms with Gasteiger partial charge in [0.25, 0.3) is 0 Å². The van der Waals surface area contributed by atoms with Crippen LogP contribution in [-0.4, -0.2) is 24.7 Å². The van der Waals surface area contributed by atoms with Gasteiger partial charge in [0.1, 0.15) is 0 Å².